The Bertz CT molecular complexity index is 1150. The summed E-state index contributed by atoms with van der Waals surface area (Å²) >= 11 is 6.49. The smallest absolute Gasteiger partial charge is 0.220 e. The standard InChI is InChI=1S/C28H34ClN3O3/c1-17(26(31)34)11-19-7-6-8-24(21(19)16-30)35-25-10-9-20(13-22(25)29)23(33)12-18-14-27(2,3)32-28(4,5)15-18/h6-10,13,17-18,32H,11-12,14-15H2,1-5H3,(H2,31,34). The lowest BCUT2D eigenvalue weighted by atomic mass is 9.74. The van der Waals surface area contributed by atoms with E-state index in [0.717, 1.165) is 12.8 Å². The number of amides is 1. The highest BCUT2D eigenvalue weighted by Crippen LogP contribution is 2.37. The summed E-state index contributed by atoms with van der Waals surface area (Å²) in [6.07, 6.45) is 2.65. The Hall–Kier alpha value is -2.88. The third kappa shape index (κ3) is 6.84. The molecule has 0 saturated carbocycles. The number of nitrogens with two attached hydrogens (primary N) is 1. The van der Waals surface area contributed by atoms with E-state index in [4.69, 9.17) is 22.1 Å². The molecule has 1 aliphatic rings. The molecule has 1 unspecified atom stereocenters. The molecule has 2 aromatic rings. The van der Waals surface area contributed by atoms with Crippen LogP contribution in [0.2, 0.25) is 5.02 Å². The summed E-state index contributed by atoms with van der Waals surface area (Å²) in [5, 5.41) is 13.7. The Labute approximate surface area is 212 Å². The summed E-state index contributed by atoms with van der Waals surface area (Å²) in [7, 11) is 0. The third-order valence-corrected chi connectivity index (χ3v) is 6.75. The van der Waals surface area contributed by atoms with Crippen molar-refractivity contribution in [2.24, 2.45) is 17.6 Å². The molecule has 1 saturated heterocycles. The Balaban J connectivity index is 1.76. The molecule has 0 aromatic heterocycles. The number of hydrogen-bond acceptors (Lipinski definition) is 5. The summed E-state index contributed by atoms with van der Waals surface area (Å²) < 4.78 is 5.96. The number of carbonyl (C=O) groups excluding carboxylic acids is 2. The van der Waals surface area contributed by atoms with Gasteiger partial charge in [-0.3, -0.25) is 9.59 Å². The Morgan fingerprint density at radius 3 is 2.40 bits per heavy atom. The van der Waals surface area contributed by atoms with Gasteiger partial charge in [-0.1, -0.05) is 30.7 Å². The van der Waals surface area contributed by atoms with Gasteiger partial charge >= 0.3 is 0 Å². The van der Waals surface area contributed by atoms with Crippen molar-refractivity contribution in [3.63, 3.8) is 0 Å². The van der Waals surface area contributed by atoms with Crippen LogP contribution in [0.1, 0.15) is 75.4 Å². The van der Waals surface area contributed by atoms with Crippen LogP contribution in [0, 0.1) is 23.2 Å². The van der Waals surface area contributed by atoms with E-state index in [9.17, 15) is 14.9 Å². The molecule has 0 spiro atoms. The number of rotatable bonds is 8. The fourth-order valence-electron chi connectivity index (χ4n) is 5.32. The number of benzene rings is 2. The van der Waals surface area contributed by atoms with E-state index >= 15 is 0 Å². The molecule has 1 amide bonds. The largest absolute Gasteiger partial charge is 0.454 e. The molecular formula is C28H34ClN3O3. The maximum Gasteiger partial charge on any atom is 0.220 e. The van der Waals surface area contributed by atoms with Gasteiger partial charge in [0, 0.05) is 29.0 Å². The number of hydrogen-bond donors (Lipinski definition) is 2. The first-order valence-electron chi connectivity index (χ1n) is 11.9. The first kappa shape index (κ1) is 26.7. The molecule has 6 nitrogen and oxygen atoms in total. The van der Waals surface area contributed by atoms with E-state index in [-0.39, 0.29) is 22.8 Å². The molecule has 35 heavy (non-hydrogen) atoms. The first-order chi connectivity index (χ1) is 16.3. The van der Waals surface area contributed by atoms with Crippen molar-refractivity contribution in [1.29, 1.82) is 5.26 Å². The summed E-state index contributed by atoms with van der Waals surface area (Å²) in [6.45, 7) is 10.4. The van der Waals surface area contributed by atoms with Crippen LogP contribution in [0.4, 0.5) is 0 Å². The van der Waals surface area contributed by atoms with Crippen LogP contribution in [0.5, 0.6) is 11.5 Å². The van der Waals surface area contributed by atoms with E-state index in [1.54, 1.807) is 43.3 Å². The maximum absolute atomic E-state index is 13.1. The molecule has 1 heterocycles. The Morgan fingerprint density at radius 1 is 1.17 bits per heavy atom. The van der Waals surface area contributed by atoms with Gasteiger partial charge in [-0.25, -0.2) is 0 Å². The van der Waals surface area contributed by atoms with Crippen LogP contribution >= 0.6 is 11.6 Å². The fraction of sp³-hybridized carbons (Fsp3) is 0.464. The Kier molecular flexibility index (Phi) is 7.93. The van der Waals surface area contributed by atoms with Gasteiger partial charge in [0.1, 0.15) is 17.6 Å². The lowest BCUT2D eigenvalue weighted by Gasteiger charge is -2.46. The number of ether oxygens (including phenoxy) is 1. The zero-order valence-corrected chi connectivity index (χ0v) is 21.8. The second kappa shape index (κ2) is 10.4. The van der Waals surface area contributed by atoms with Gasteiger partial charge in [-0.05, 0) is 82.7 Å². The molecule has 0 aliphatic carbocycles. The predicted octanol–water partition coefficient (Wildman–Crippen LogP) is 5.80. The summed E-state index contributed by atoms with van der Waals surface area (Å²) in [5.74, 6) is 0.178. The number of nitrogens with one attached hydrogen (secondary N) is 1. The number of piperidine rings is 1. The van der Waals surface area contributed by atoms with Crippen LogP contribution in [0.3, 0.4) is 0 Å². The highest BCUT2D eigenvalue weighted by atomic mass is 35.5. The molecular weight excluding hydrogens is 462 g/mol. The molecule has 0 radical (unpaired) electrons. The van der Waals surface area contributed by atoms with Crippen LogP contribution < -0.4 is 15.8 Å². The van der Waals surface area contributed by atoms with Gasteiger partial charge in [-0.2, -0.15) is 5.26 Å². The van der Waals surface area contributed by atoms with Crippen molar-refractivity contribution in [1.82, 2.24) is 5.32 Å². The van der Waals surface area contributed by atoms with E-state index in [1.807, 2.05) is 0 Å². The van der Waals surface area contributed by atoms with Crippen molar-refractivity contribution >= 4 is 23.3 Å². The van der Waals surface area contributed by atoms with E-state index in [0.29, 0.717) is 46.1 Å². The molecule has 186 valence electrons. The van der Waals surface area contributed by atoms with E-state index < -0.39 is 11.8 Å². The number of nitrogens with zero attached hydrogens (tertiary/aromatic N) is 1. The van der Waals surface area contributed by atoms with Gasteiger partial charge in [0.25, 0.3) is 0 Å². The fourth-order valence-corrected chi connectivity index (χ4v) is 5.54. The number of ketones is 1. The minimum absolute atomic E-state index is 0.0236. The van der Waals surface area contributed by atoms with E-state index in [1.165, 1.54) is 0 Å². The number of carbonyl (C=O) groups is 2. The molecule has 3 rings (SSSR count). The molecule has 1 fully saturated rings. The second-order valence-electron chi connectivity index (χ2n) is 11.0. The third-order valence-electron chi connectivity index (χ3n) is 6.46. The molecule has 7 heteroatoms. The number of primary amides is 1. The van der Waals surface area contributed by atoms with Gasteiger partial charge in [0.2, 0.25) is 5.91 Å². The number of halogens is 1. The molecule has 1 atom stereocenters. The average molecular weight is 496 g/mol. The zero-order chi connectivity index (χ0) is 26.0. The lowest BCUT2D eigenvalue weighted by molar-refractivity contribution is -0.121. The van der Waals surface area contributed by atoms with Crippen molar-refractivity contribution in [2.75, 3.05) is 0 Å². The number of Topliss-reactive ketones (excluding diaryl/α,β-unsaturated/α-hetero) is 1. The quantitative estimate of drug-likeness (QED) is 0.450. The lowest BCUT2D eigenvalue weighted by Crippen LogP contribution is -2.57. The van der Waals surface area contributed by atoms with Crippen molar-refractivity contribution in [2.45, 2.75) is 71.4 Å². The molecule has 3 N–H and O–H groups in total. The maximum atomic E-state index is 13.1. The normalized spacial score (nSPS) is 17.9. The first-order valence-corrected chi connectivity index (χ1v) is 12.3. The summed E-state index contributed by atoms with van der Waals surface area (Å²) in [6, 6.07) is 12.4. The minimum atomic E-state index is -0.430. The molecule has 2 aromatic carbocycles. The van der Waals surface area contributed by atoms with Crippen molar-refractivity contribution in [3.05, 3.63) is 58.1 Å². The highest BCUT2D eigenvalue weighted by Gasteiger charge is 2.38. The monoisotopic (exact) mass is 495 g/mol. The zero-order valence-electron chi connectivity index (χ0n) is 21.1. The van der Waals surface area contributed by atoms with Crippen LogP contribution in [-0.2, 0) is 11.2 Å². The van der Waals surface area contributed by atoms with Crippen LogP contribution in [-0.4, -0.2) is 22.8 Å². The molecule has 1 aliphatic heterocycles. The SMILES string of the molecule is CC(Cc1cccc(Oc2ccc(C(=O)CC3CC(C)(C)NC(C)(C)C3)cc2Cl)c1C#N)C(N)=O. The summed E-state index contributed by atoms with van der Waals surface area (Å²) in [5.41, 5.74) is 6.88. The van der Waals surface area contributed by atoms with Gasteiger partial charge < -0.3 is 15.8 Å². The van der Waals surface area contributed by atoms with E-state index in [2.05, 4.69) is 39.1 Å². The van der Waals surface area contributed by atoms with Crippen LogP contribution in [0.15, 0.2) is 36.4 Å². The summed E-state index contributed by atoms with van der Waals surface area (Å²) in [4.78, 5) is 24.5. The van der Waals surface area contributed by atoms with Crippen molar-refractivity contribution in [3.8, 4) is 17.6 Å². The second-order valence-corrected chi connectivity index (χ2v) is 11.4. The Morgan fingerprint density at radius 2 is 1.83 bits per heavy atom. The molecule has 0 bridgehead atoms. The highest BCUT2D eigenvalue weighted by molar-refractivity contribution is 6.32. The van der Waals surface area contributed by atoms with Gasteiger partial charge in [0.05, 0.1) is 10.6 Å². The van der Waals surface area contributed by atoms with Crippen molar-refractivity contribution < 1.29 is 14.3 Å². The van der Waals surface area contributed by atoms with Crippen LogP contribution in [0.25, 0.3) is 0 Å². The minimum Gasteiger partial charge on any atom is -0.454 e. The van der Waals surface area contributed by atoms with Gasteiger partial charge in [-0.15, -0.1) is 0 Å². The predicted molar refractivity (Wildman–Crippen MR) is 138 cm³/mol. The topological polar surface area (TPSA) is 105 Å². The van der Waals surface area contributed by atoms with Gasteiger partial charge in [0.15, 0.2) is 5.78 Å². The number of nitriles is 1. The average Bonchev–Trinajstić information content (AvgIpc) is 2.72.